The maximum absolute atomic E-state index is 12.2. The SMILES string of the molecule is CCNC(=NCc1ccccc1C)N1CCC(C2(C)NC(=O)NC2=O)CC1. The Balaban J connectivity index is 1.65. The van der Waals surface area contributed by atoms with Crippen molar-refractivity contribution in [2.75, 3.05) is 19.6 Å². The highest BCUT2D eigenvalue weighted by Crippen LogP contribution is 2.30. The number of imide groups is 1. The van der Waals surface area contributed by atoms with Crippen LogP contribution in [0.1, 0.15) is 37.8 Å². The van der Waals surface area contributed by atoms with Crippen molar-refractivity contribution in [1.82, 2.24) is 20.9 Å². The number of rotatable bonds is 4. The molecule has 146 valence electrons. The van der Waals surface area contributed by atoms with E-state index in [1.54, 1.807) is 0 Å². The Morgan fingerprint density at radius 2 is 2.00 bits per heavy atom. The molecule has 1 aromatic rings. The molecule has 2 aliphatic heterocycles. The molecule has 2 fully saturated rings. The molecule has 0 saturated carbocycles. The molecule has 3 amide bonds. The highest BCUT2D eigenvalue weighted by Gasteiger charge is 2.48. The van der Waals surface area contributed by atoms with Crippen LogP contribution in [-0.4, -0.2) is 48.0 Å². The number of hydrogen-bond acceptors (Lipinski definition) is 3. The van der Waals surface area contributed by atoms with Gasteiger partial charge in [0.15, 0.2) is 5.96 Å². The van der Waals surface area contributed by atoms with Crippen molar-refractivity contribution in [2.45, 2.75) is 45.7 Å². The van der Waals surface area contributed by atoms with E-state index in [1.165, 1.54) is 11.1 Å². The first-order valence-corrected chi connectivity index (χ1v) is 9.65. The van der Waals surface area contributed by atoms with E-state index in [1.807, 2.05) is 19.1 Å². The van der Waals surface area contributed by atoms with Crippen LogP contribution in [0.3, 0.4) is 0 Å². The average molecular weight is 371 g/mol. The van der Waals surface area contributed by atoms with Gasteiger partial charge in [-0.3, -0.25) is 10.1 Å². The number of aryl methyl sites for hydroxylation is 1. The number of aliphatic imine (C=N–C) groups is 1. The van der Waals surface area contributed by atoms with Gasteiger partial charge < -0.3 is 15.5 Å². The molecule has 2 saturated heterocycles. The van der Waals surface area contributed by atoms with Gasteiger partial charge in [0, 0.05) is 19.6 Å². The van der Waals surface area contributed by atoms with E-state index >= 15 is 0 Å². The van der Waals surface area contributed by atoms with E-state index in [0.717, 1.165) is 38.4 Å². The molecule has 3 rings (SSSR count). The molecule has 1 atom stereocenters. The number of carbonyl (C=O) groups is 2. The summed E-state index contributed by atoms with van der Waals surface area (Å²) >= 11 is 0. The first kappa shape index (κ1) is 19.2. The van der Waals surface area contributed by atoms with Crippen LogP contribution in [0, 0.1) is 12.8 Å². The van der Waals surface area contributed by atoms with Gasteiger partial charge in [-0.25, -0.2) is 9.79 Å². The highest BCUT2D eigenvalue weighted by molar-refractivity contribution is 6.07. The van der Waals surface area contributed by atoms with Crippen LogP contribution in [0.5, 0.6) is 0 Å². The quantitative estimate of drug-likeness (QED) is 0.428. The number of guanidine groups is 1. The summed E-state index contributed by atoms with van der Waals surface area (Å²) < 4.78 is 0. The van der Waals surface area contributed by atoms with Gasteiger partial charge in [-0.1, -0.05) is 24.3 Å². The van der Waals surface area contributed by atoms with Crippen LogP contribution in [0.25, 0.3) is 0 Å². The molecule has 0 radical (unpaired) electrons. The van der Waals surface area contributed by atoms with Crippen molar-refractivity contribution in [3.63, 3.8) is 0 Å². The van der Waals surface area contributed by atoms with Crippen molar-refractivity contribution < 1.29 is 9.59 Å². The Kier molecular flexibility index (Phi) is 5.68. The van der Waals surface area contributed by atoms with E-state index in [0.29, 0.717) is 6.54 Å². The van der Waals surface area contributed by atoms with Crippen LogP contribution in [-0.2, 0) is 11.3 Å². The largest absolute Gasteiger partial charge is 0.357 e. The van der Waals surface area contributed by atoms with Gasteiger partial charge in [0.25, 0.3) is 5.91 Å². The Morgan fingerprint density at radius 3 is 2.59 bits per heavy atom. The van der Waals surface area contributed by atoms with E-state index in [9.17, 15) is 9.59 Å². The van der Waals surface area contributed by atoms with E-state index in [2.05, 4.69) is 46.8 Å². The van der Waals surface area contributed by atoms with Gasteiger partial charge in [-0.2, -0.15) is 0 Å². The lowest BCUT2D eigenvalue weighted by Crippen LogP contribution is -2.55. The smallest absolute Gasteiger partial charge is 0.322 e. The molecule has 1 unspecified atom stereocenters. The van der Waals surface area contributed by atoms with Gasteiger partial charge in [-0.05, 0) is 50.7 Å². The van der Waals surface area contributed by atoms with Gasteiger partial charge in [-0.15, -0.1) is 0 Å². The number of piperidine rings is 1. The fourth-order valence-corrected chi connectivity index (χ4v) is 3.89. The molecule has 27 heavy (non-hydrogen) atoms. The number of hydrogen-bond donors (Lipinski definition) is 3. The zero-order valence-electron chi connectivity index (χ0n) is 16.3. The molecule has 7 heteroatoms. The van der Waals surface area contributed by atoms with E-state index < -0.39 is 11.6 Å². The number of carbonyl (C=O) groups excluding carboxylic acids is 2. The summed E-state index contributed by atoms with van der Waals surface area (Å²) in [6.45, 7) is 9.06. The molecule has 0 aliphatic carbocycles. The maximum Gasteiger partial charge on any atom is 0.322 e. The van der Waals surface area contributed by atoms with Crippen molar-refractivity contribution in [3.05, 3.63) is 35.4 Å². The third kappa shape index (κ3) is 4.07. The first-order valence-electron chi connectivity index (χ1n) is 9.65. The monoisotopic (exact) mass is 371 g/mol. The number of nitrogens with zero attached hydrogens (tertiary/aromatic N) is 2. The van der Waals surface area contributed by atoms with Crippen molar-refractivity contribution in [3.8, 4) is 0 Å². The molecule has 0 spiro atoms. The normalized spacial score (nSPS) is 24.0. The van der Waals surface area contributed by atoms with Gasteiger partial charge in [0.1, 0.15) is 5.54 Å². The molecule has 0 aromatic heterocycles. The highest BCUT2D eigenvalue weighted by atomic mass is 16.2. The van der Waals surface area contributed by atoms with Crippen LogP contribution in [0.15, 0.2) is 29.3 Å². The second-order valence-corrected chi connectivity index (χ2v) is 7.47. The van der Waals surface area contributed by atoms with Crippen LogP contribution in [0.4, 0.5) is 4.79 Å². The first-order chi connectivity index (χ1) is 12.9. The minimum Gasteiger partial charge on any atom is -0.357 e. The van der Waals surface area contributed by atoms with Crippen LogP contribution in [0.2, 0.25) is 0 Å². The lowest BCUT2D eigenvalue weighted by molar-refractivity contribution is -0.125. The molecule has 2 heterocycles. The van der Waals surface area contributed by atoms with Crippen LogP contribution >= 0.6 is 0 Å². The summed E-state index contributed by atoms with van der Waals surface area (Å²) in [5.74, 6) is 0.815. The molecule has 0 bridgehead atoms. The number of amides is 3. The standard InChI is InChI=1S/C20H29N5O2/c1-4-21-18(22-13-15-8-6-5-7-14(15)2)25-11-9-16(10-12-25)20(3)17(26)23-19(27)24-20/h5-8,16H,4,9-13H2,1-3H3,(H,21,22)(H2,23,24,26,27). The molecular weight excluding hydrogens is 342 g/mol. The van der Waals surface area contributed by atoms with Crippen molar-refractivity contribution in [2.24, 2.45) is 10.9 Å². The fraction of sp³-hybridized carbons (Fsp3) is 0.550. The number of benzene rings is 1. The predicted molar refractivity (Wildman–Crippen MR) is 105 cm³/mol. The Hall–Kier alpha value is -2.57. The zero-order chi connectivity index (χ0) is 19.4. The van der Waals surface area contributed by atoms with Crippen LogP contribution < -0.4 is 16.0 Å². The van der Waals surface area contributed by atoms with Gasteiger partial charge >= 0.3 is 6.03 Å². The lowest BCUT2D eigenvalue weighted by atomic mass is 9.79. The summed E-state index contributed by atoms with van der Waals surface area (Å²) in [5, 5.41) is 8.55. The number of likely N-dealkylation sites (tertiary alicyclic amines) is 1. The van der Waals surface area contributed by atoms with Crippen molar-refractivity contribution in [1.29, 1.82) is 0 Å². The second kappa shape index (κ2) is 7.98. The molecule has 3 N–H and O–H groups in total. The summed E-state index contributed by atoms with van der Waals surface area (Å²) in [7, 11) is 0. The minimum atomic E-state index is -0.806. The second-order valence-electron chi connectivity index (χ2n) is 7.47. The molecule has 7 nitrogen and oxygen atoms in total. The number of urea groups is 1. The summed E-state index contributed by atoms with van der Waals surface area (Å²) in [6, 6.07) is 7.90. The average Bonchev–Trinajstić information content (AvgIpc) is 2.93. The summed E-state index contributed by atoms with van der Waals surface area (Å²) in [4.78, 5) is 30.8. The van der Waals surface area contributed by atoms with Gasteiger partial charge in [0.05, 0.1) is 6.54 Å². The Morgan fingerprint density at radius 1 is 1.30 bits per heavy atom. The molecule has 1 aromatic carbocycles. The zero-order valence-corrected chi connectivity index (χ0v) is 16.3. The molecule has 2 aliphatic rings. The van der Waals surface area contributed by atoms with E-state index in [4.69, 9.17) is 4.99 Å². The summed E-state index contributed by atoms with van der Waals surface area (Å²) in [5.41, 5.74) is 1.66. The Labute approximate surface area is 160 Å². The lowest BCUT2D eigenvalue weighted by Gasteiger charge is -2.39. The van der Waals surface area contributed by atoms with E-state index in [-0.39, 0.29) is 11.8 Å². The topological polar surface area (TPSA) is 85.8 Å². The maximum atomic E-state index is 12.2. The fourth-order valence-electron chi connectivity index (χ4n) is 3.89. The third-order valence-corrected chi connectivity index (χ3v) is 5.68. The third-order valence-electron chi connectivity index (χ3n) is 5.68. The van der Waals surface area contributed by atoms with Gasteiger partial charge in [0.2, 0.25) is 0 Å². The molecular formula is C20H29N5O2. The summed E-state index contributed by atoms with van der Waals surface area (Å²) in [6.07, 6.45) is 1.66. The minimum absolute atomic E-state index is 0.124. The Bertz CT molecular complexity index is 740. The number of nitrogens with one attached hydrogen (secondary N) is 3. The predicted octanol–water partition coefficient (Wildman–Crippen LogP) is 1.77. The van der Waals surface area contributed by atoms with Crippen molar-refractivity contribution >= 4 is 17.9 Å².